The van der Waals surface area contributed by atoms with Crippen LogP contribution in [0.5, 0.6) is 0 Å². The van der Waals surface area contributed by atoms with Gasteiger partial charge in [-0.3, -0.25) is 0 Å². The van der Waals surface area contributed by atoms with Crippen molar-refractivity contribution in [2.24, 2.45) is 0 Å². The molecular formula is C13H9F3N2. The van der Waals surface area contributed by atoms with Gasteiger partial charge in [0.05, 0.1) is 5.56 Å². The molecule has 92 valence electrons. The molecule has 0 amide bonds. The lowest BCUT2D eigenvalue weighted by atomic mass is 10.1. The molecule has 0 unspecified atom stereocenters. The number of rotatable bonds is 0. The van der Waals surface area contributed by atoms with E-state index in [0.717, 1.165) is 23.0 Å². The predicted molar refractivity (Wildman–Crippen MR) is 65.2 cm³/mol. The highest BCUT2D eigenvalue weighted by atomic mass is 19.4. The SMILES string of the molecule is Nc1ccc2c(c1)[nH]c1ccc(C(F)(F)F)cc12. The van der Waals surface area contributed by atoms with Gasteiger partial charge in [0.25, 0.3) is 0 Å². The zero-order valence-electron chi connectivity index (χ0n) is 9.18. The summed E-state index contributed by atoms with van der Waals surface area (Å²) in [6.07, 6.45) is -4.33. The molecule has 0 atom stereocenters. The molecule has 0 aliphatic carbocycles. The number of nitrogen functional groups attached to an aromatic ring is 1. The molecule has 3 aromatic rings. The fourth-order valence-corrected chi connectivity index (χ4v) is 2.10. The summed E-state index contributed by atoms with van der Waals surface area (Å²) >= 11 is 0. The van der Waals surface area contributed by atoms with E-state index < -0.39 is 11.7 Å². The number of aromatic nitrogens is 1. The van der Waals surface area contributed by atoms with Crippen LogP contribution in [0, 0.1) is 0 Å². The quantitative estimate of drug-likeness (QED) is 0.583. The highest BCUT2D eigenvalue weighted by molar-refractivity contribution is 6.08. The van der Waals surface area contributed by atoms with E-state index in [4.69, 9.17) is 5.73 Å². The maximum Gasteiger partial charge on any atom is 0.416 e. The topological polar surface area (TPSA) is 41.8 Å². The molecule has 0 spiro atoms. The van der Waals surface area contributed by atoms with Gasteiger partial charge in [0, 0.05) is 27.5 Å². The second-order valence-electron chi connectivity index (χ2n) is 4.19. The van der Waals surface area contributed by atoms with E-state index in [1.807, 2.05) is 0 Å². The maximum absolute atomic E-state index is 12.7. The predicted octanol–water partition coefficient (Wildman–Crippen LogP) is 3.92. The first-order valence-electron chi connectivity index (χ1n) is 5.33. The molecule has 5 heteroatoms. The van der Waals surface area contributed by atoms with E-state index in [1.54, 1.807) is 18.2 Å². The minimum Gasteiger partial charge on any atom is -0.399 e. The Morgan fingerprint density at radius 1 is 0.889 bits per heavy atom. The summed E-state index contributed by atoms with van der Waals surface area (Å²) in [6.45, 7) is 0. The van der Waals surface area contributed by atoms with Crippen molar-refractivity contribution in [1.29, 1.82) is 0 Å². The Hall–Kier alpha value is -2.17. The van der Waals surface area contributed by atoms with Crippen LogP contribution in [-0.4, -0.2) is 4.98 Å². The first-order chi connectivity index (χ1) is 8.45. The van der Waals surface area contributed by atoms with Gasteiger partial charge in [0.15, 0.2) is 0 Å². The summed E-state index contributed by atoms with van der Waals surface area (Å²) in [5.41, 5.74) is 6.98. The number of halogens is 3. The van der Waals surface area contributed by atoms with Gasteiger partial charge in [-0.05, 0) is 30.3 Å². The summed E-state index contributed by atoms with van der Waals surface area (Å²) in [4.78, 5) is 3.05. The molecule has 0 radical (unpaired) electrons. The zero-order valence-corrected chi connectivity index (χ0v) is 9.18. The van der Waals surface area contributed by atoms with Crippen molar-refractivity contribution in [3.05, 3.63) is 42.0 Å². The molecule has 1 aromatic heterocycles. The van der Waals surface area contributed by atoms with E-state index in [0.29, 0.717) is 16.6 Å². The molecule has 0 saturated heterocycles. The number of anilines is 1. The van der Waals surface area contributed by atoms with Gasteiger partial charge in [-0.25, -0.2) is 0 Å². The Bertz CT molecular complexity index is 741. The van der Waals surface area contributed by atoms with Gasteiger partial charge in [0.1, 0.15) is 0 Å². The van der Waals surface area contributed by atoms with Crippen LogP contribution in [0.1, 0.15) is 5.56 Å². The number of hydrogen-bond acceptors (Lipinski definition) is 1. The molecule has 3 rings (SSSR count). The summed E-state index contributed by atoms with van der Waals surface area (Å²) < 4.78 is 38.0. The first kappa shape index (κ1) is 11.0. The number of H-pyrrole nitrogens is 1. The highest BCUT2D eigenvalue weighted by Crippen LogP contribution is 2.34. The monoisotopic (exact) mass is 250 g/mol. The van der Waals surface area contributed by atoms with Crippen LogP contribution in [0.3, 0.4) is 0 Å². The molecule has 2 aromatic carbocycles. The average molecular weight is 250 g/mol. The number of alkyl halides is 3. The highest BCUT2D eigenvalue weighted by Gasteiger charge is 2.30. The molecule has 0 aliphatic heterocycles. The third kappa shape index (κ3) is 1.59. The standard InChI is InChI=1S/C13H9F3N2/c14-13(15,16)7-1-4-11-10(5-7)9-3-2-8(17)6-12(9)18-11/h1-6,18H,17H2. The molecule has 0 aliphatic rings. The van der Waals surface area contributed by atoms with Crippen LogP contribution in [0.25, 0.3) is 21.8 Å². The van der Waals surface area contributed by atoms with Gasteiger partial charge in [-0.2, -0.15) is 13.2 Å². The van der Waals surface area contributed by atoms with Crippen molar-refractivity contribution in [3.63, 3.8) is 0 Å². The summed E-state index contributed by atoms with van der Waals surface area (Å²) in [5, 5.41) is 1.30. The molecule has 2 nitrogen and oxygen atoms in total. The van der Waals surface area contributed by atoms with Gasteiger partial charge >= 0.3 is 6.18 Å². The molecule has 3 N–H and O–H groups in total. The van der Waals surface area contributed by atoms with E-state index in [-0.39, 0.29) is 0 Å². The van der Waals surface area contributed by atoms with Crippen LogP contribution < -0.4 is 5.73 Å². The minimum absolute atomic E-state index is 0.555. The van der Waals surface area contributed by atoms with Crippen molar-refractivity contribution in [2.45, 2.75) is 6.18 Å². The fourth-order valence-electron chi connectivity index (χ4n) is 2.10. The molecule has 0 fully saturated rings. The average Bonchev–Trinajstić information content (AvgIpc) is 2.63. The second-order valence-corrected chi connectivity index (χ2v) is 4.19. The normalized spacial score (nSPS) is 12.4. The van der Waals surface area contributed by atoms with Gasteiger partial charge in [-0.1, -0.05) is 6.07 Å². The molecular weight excluding hydrogens is 241 g/mol. The molecule has 1 heterocycles. The summed E-state index contributed by atoms with van der Waals surface area (Å²) in [6, 6.07) is 8.78. The summed E-state index contributed by atoms with van der Waals surface area (Å²) in [7, 11) is 0. The molecule has 0 saturated carbocycles. The third-order valence-electron chi connectivity index (χ3n) is 2.95. The van der Waals surface area contributed by atoms with Crippen LogP contribution in [-0.2, 0) is 6.18 Å². The van der Waals surface area contributed by atoms with E-state index >= 15 is 0 Å². The Labute approximate surface area is 100 Å². The Morgan fingerprint density at radius 3 is 2.39 bits per heavy atom. The summed E-state index contributed by atoms with van der Waals surface area (Å²) in [5.74, 6) is 0. The number of nitrogens with two attached hydrogens (primary N) is 1. The van der Waals surface area contributed by atoms with Crippen molar-refractivity contribution >= 4 is 27.5 Å². The largest absolute Gasteiger partial charge is 0.416 e. The van der Waals surface area contributed by atoms with Crippen LogP contribution in [0.4, 0.5) is 18.9 Å². The van der Waals surface area contributed by atoms with E-state index in [9.17, 15) is 13.2 Å². The number of hydrogen-bond donors (Lipinski definition) is 2. The van der Waals surface area contributed by atoms with Gasteiger partial charge < -0.3 is 10.7 Å². The van der Waals surface area contributed by atoms with E-state index in [2.05, 4.69) is 4.98 Å². The van der Waals surface area contributed by atoms with Crippen LogP contribution >= 0.6 is 0 Å². The Balaban J connectivity index is 2.36. The number of benzene rings is 2. The lowest BCUT2D eigenvalue weighted by Gasteiger charge is -2.05. The number of nitrogens with one attached hydrogen (secondary N) is 1. The van der Waals surface area contributed by atoms with Crippen LogP contribution in [0.15, 0.2) is 36.4 Å². The number of fused-ring (bicyclic) bond motifs is 3. The van der Waals surface area contributed by atoms with Crippen molar-refractivity contribution in [3.8, 4) is 0 Å². The van der Waals surface area contributed by atoms with E-state index in [1.165, 1.54) is 6.07 Å². The third-order valence-corrected chi connectivity index (χ3v) is 2.95. The number of aromatic amines is 1. The molecule has 0 bridgehead atoms. The Morgan fingerprint density at radius 2 is 1.67 bits per heavy atom. The fraction of sp³-hybridized carbons (Fsp3) is 0.0769. The zero-order chi connectivity index (χ0) is 12.9. The lowest BCUT2D eigenvalue weighted by Crippen LogP contribution is -2.03. The van der Waals surface area contributed by atoms with Gasteiger partial charge in [-0.15, -0.1) is 0 Å². The van der Waals surface area contributed by atoms with Gasteiger partial charge in [0.2, 0.25) is 0 Å². The smallest absolute Gasteiger partial charge is 0.399 e. The minimum atomic E-state index is -4.33. The van der Waals surface area contributed by atoms with Crippen LogP contribution in [0.2, 0.25) is 0 Å². The molecule has 18 heavy (non-hydrogen) atoms. The van der Waals surface area contributed by atoms with Crippen molar-refractivity contribution in [2.75, 3.05) is 5.73 Å². The maximum atomic E-state index is 12.7. The van der Waals surface area contributed by atoms with Crippen molar-refractivity contribution in [1.82, 2.24) is 4.98 Å². The Kier molecular flexibility index (Phi) is 2.08. The first-order valence-corrected chi connectivity index (χ1v) is 5.33. The lowest BCUT2D eigenvalue weighted by molar-refractivity contribution is -0.137. The second kappa shape index (κ2) is 3.41. The van der Waals surface area contributed by atoms with Crippen molar-refractivity contribution < 1.29 is 13.2 Å².